The first-order valence-corrected chi connectivity index (χ1v) is 5.86. The highest BCUT2D eigenvalue weighted by molar-refractivity contribution is 5.97. The quantitative estimate of drug-likeness (QED) is 0.862. The van der Waals surface area contributed by atoms with Crippen molar-refractivity contribution in [3.05, 3.63) is 29.6 Å². The minimum Gasteiger partial charge on any atom is -0.477 e. The molecule has 2 aromatic heterocycles. The van der Waals surface area contributed by atoms with E-state index in [4.69, 9.17) is 0 Å². The van der Waals surface area contributed by atoms with E-state index in [1.165, 1.54) is 6.42 Å². The van der Waals surface area contributed by atoms with Crippen LogP contribution in [0.25, 0.3) is 11.0 Å². The molecule has 0 aliphatic heterocycles. The molecule has 1 fully saturated rings. The van der Waals surface area contributed by atoms with Crippen LogP contribution in [-0.4, -0.2) is 20.6 Å². The van der Waals surface area contributed by atoms with E-state index >= 15 is 0 Å². The lowest BCUT2D eigenvalue weighted by Gasteiger charge is -2.25. The Morgan fingerprint density at radius 3 is 2.88 bits per heavy atom. The molecule has 0 aromatic carbocycles. The van der Waals surface area contributed by atoms with Gasteiger partial charge < -0.3 is 9.67 Å². The van der Waals surface area contributed by atoms with Crippen molar-refractivity contribution in [3.8, 4) is 0 Å². The van der Waals surface area contributed by atoms with Gasteiger partial charge >= 0.3 is 5.97 Å². The molecule has 2 heterocycles. The molecule has 0 bridgehead atoms. The molecule has 4 nitrogen and oxygen atoms in total. The molecule has 1 aliphatic carbocycles. The normalized spacial score (nSPS) is 16.1. The molecule has 1 aliphatic rings. The van der Waals surface area contributed by atoms with E-state index in [-0.39, 0.29) is 0 Å². The van der Waals surface area contributed by atoms with Crippen LogP contribution < -0.4 is 0 Å². The van der Waals surface area contributed by atoms with Crippen LogP contribution >= 0.6 is 0 Å². The fourth-order valence-electron chi connectivity index (χ4n) is 2.66. The van der Waals surface area contributed by atoms with Gasteiger partial charge in [-0.1, -0.05) is 6.42 Å². The van der Waals surface area contributed by atoms with Crippen LogP contribution in [0.4, 0.5) is 0 Å². The Morgan fingerprint density at radius 1 is 1.53 bits per heavy atom. The van der Waals surface area contributed by atoms with Gasteiger partial charge in [-0.05, 0) is 36.5 Å². The summed E-state index contributed by atoms with van der Waals surface area (Å²) in [5.74, 6) is -0.457. The predicted octanol–water partition coefficient (Wildman–Crippen LogP) is 2.54. The maximum atomic E-state index is 11.4. The van der Waals surface area contributed by atoms with Crippen molar-refractivity contribution in [1.82, 2.24) is 9.55 Å². The number of carbonyl (C=O) groups is 1. The Hall–Kier alpha value is -1.84. The molecule has 3 rings (SSSR count). The van der Waals surface area contributed by atoms with Crippen LogP contribution in [0.5, 0.6) is 0 Å². The third-order valence-corrected chi connectivity index (χ3v) is 3.70. The second-order valence-electron chi connectivity index (χ2n) is 4.63. The molecule has 0 atom stereocenters. The highest BCUT2D eigenvalue weighted by atomic mass is 16.4. The second kappa shape index (κ2) is 3.58. The average Bonchev–Trinajstić information content (AvgIpc) is 2.51. The zero-order chi connectivity index (χ0) is 12.0. The average molecular weight is 230 g/mol. The zero-order valence-corrected chi connectivity index (χ0v) is 9.68. The van der Waals surface area contributed by atoms with Gasteiger partial charge in [-0.2, -0.15) is 0 Å². The van der Waals surface area contributed by atoms with Crippen LogP contribution in [0.15, 0.2) is 18.3 Å². The van der Waals surface area contributed by atoms with Crippen molar-refractivity contribution >= 4 is 17.0 Å². The lowest BCUT2D eigenvalue weighted by atomic mass is 9.79. The van der Waals surface area contributed by atoms with Gasteiger partial charge in [-0.3, -0.25) is 0 Å². The molecule has 0 amide bonds. The zero-order valence-electron chi connectivity index (χ0n) is 9.68. The van der Waals surface area contributed by atoms with Crippen molar-refractivity contribution in [3.63, 3.8) is 0 Å². The largest absolute Gasteiger partial charge is 0.477 e. The third-order valence-electron chi connectivity index (χ3n) is 3.70. The van der Waals surface area contributed by atoms with E-state index in [0.717, 1.165) is 29.4 Å². The summed E-state index contributed by atoms with van der Waals surface area (Å²) in [7, 11) is 1.78. The smallest absolute Gasteiger partial charge is 0.352 e. The Morgan fingerprint density at radius 2 is 2.29 bits per heavy atom. The molecule has 1 saturated carbocycles. The van der Waals surface area contributed by atoms with Crippen molar-refractivity contribution < 1.29 is 9.90 Å². The Balaban J connectivity index is 2.35. The predicted molar refractivity (Wildman–Crippen MR) is 64.3 cm³/mol. The fraction of sp³-hybridized carbons (Fsp3) is 0.385. The van der Waals surface area contributed by atoms with Gasteiger partial charge in [0.15, 0.2) is 0 Å². The summed E-state index contributed by atoms with van der Waals surface area (Å²) in [6, 6.07) is 3.85. The number of pyridine rings is 1. The number of aromatic nitrogens is 2. The van der Waals surface area contributed by atoms with Crippen LogP contribution in [0.1, 0.15) is 41.2 Å². The number of hydrogen-bond acceptors (Lipinski definition) is 2. The maximum Gasteiger partial charge on any atom is 0.352 e. The van der Waals surface area contributed by atoms with E-state index in [1.807, 2.05) is 12.1 Å². The Kier molecular flexibility index (Phi) is 2.18. The summed E-state index contributed by atoms with van der Waals surface area (Å²) in [6.45, 7) is 0. The first-order chi connectivity index (χ1) is 8.20. The molecule has 0 unspecified atom stereocenters. The van der Waals surface area contributed by atoms with Crippen molar-refractivity contribution in [2.24, 2.45) is 7.05 Å². The molecule has 1 N–H and O–H groups in total. The van der Waals surface area contributed by atoms with E-state index in [0.29, 0.717) is 11.6 Å². The van der Waals surface area contributed by atoms with Gasteiger partial charge in [0.05, 0.1) is 0 Å². The molecule has 88 valence electrons. The number of rotatable bonds is 2. The summed E-state index contributed by atoms with van der Waals surface area (Å²) < 4.78 is 1.70. The number of carboxylic acids is 1. The summed E-state index contributed by atoms with van der Waals surface area (Å²) in [5.41, 5.74) is 2.16. The molecule has 4 heteroatoms. The van der Waals surface area contributed by atoms with E-state index in [1.54, 1.807) is 17.8 Å². The van der Waals surface area contributed by atoms with Crippen LogP contribution in [0.2, 0.25) is 0 Å². The lowest BCUT2D eigenvalue weighted by Crippen LogP contribution is -2.14. The third kappa shape index (κ3) is 1.37. The summed E-state index contributed by atoms with van der Waals surface area (Å²) >= 11 is 0. The Bertz CT molecular complexity index is 597. The summed E-state index contributed by atoms with van der Waals surface area (Å²) in [6.07, 6.45) is 5.08. The van der Waals surface area contributed by atoms with Gasteiger partial charge in [-0.15, -0.1) is 0 Å². The highest BCUT2D eigenvalue weighted by Crippen LogP contribution is 2.42. The van der Waals surface area contributed by atoms with Crippen molar-refractivity contribution in [2.75, 3.05) is 0 Å². The number of aryl methyl sites for hydroxylation is 1. The molecule has 17 heavy (non-hydrogen) atoms. The van der Waals surface area contributed by atoms with Gasteiger partial charge in [0, 0.05) is 18.6 Å². The highest BCUT2D eigenvalue weighted by Gasteiger charge is 2.30. The topological polar surface area (TPSA) is 55.1 Å². The SMILES string of the molecule is Cn1c(C(=O)O)c(C2CCC2)c2cccnc21. The van der Waals surface area contributed by atoms with Gasteiger partial charge in [0.1, 0.15) is 11.3 Å². The van der Waals surface area contributed by atoms with Gasteiger partial charge in [0.2, 0.25) is 0 Å². The van der Waals surface area contributed by atoms with E-state index < -0.39 is 5.97 Å². The molecule has 2 aromatic rings. The molecule has 0 saturated heterocycles. The summed E-state index contributed by atoms with van der Waals surface area (Å²) in [5, 5.41) is 10.4. The lowest BCUT2D eigenvalue weighted by molar-refractivity contribution is 0.0684. The molecular formula is C13H14N2O2. The first kappa shape index (κ1) is 10.3. The fourth-order valence-corrected chi connectivity index (χ4v) is 2.66. The first-order valence-electron chi connectivity index (χ1n) is 5.86. The minimum atomic E-state index is -0.854. The van der Waals surface area contributed by atoms with Gasteiger partial charge in [-0.25, -0.2) is 9.78 Å². The molecule has 0 radical (unpaired) electrons. The molecule has 0 spiro atoms. The number of hydrogen-bond donors (Lipinski definition) is 1. The van der Waals surface area contributed by atoms with Crippen molar-refractivity contribution in [1.29, 1.82) is 0 Å². The van der Waals surface area contributed by atoms with Crippen molar-refractivity contribution in [2.45, 2.75) is 25.2 Å². The van der Waals surface area contributed by atoms with E-state index in [9.17, 15) is 9.90 Å². The molecular weight excluding hydrogens is 216 g/mol. The number of nitrogens with zero attached hydrogens (tertiary/aromatic N) is 2. The van der Waals surface area contributed by atoms with Gasteiger partial charge in [0.25, 0.3) is 0 Å². The van der Waals surface area contributed by atoms with Crippen LogP contribution in [0.3, 0.4) is 0 Å². The Labute approximate surface area is 98.9 Å². The minimum absolute atomic E-state index is 0.397. The number of aromatic carboxylic acids is 1. The standard InChI is InChI=1S/C13H14N2O2/c1-15-11(13(16)17)10(8-4-2-5-8)9-6-3-7-14-12(9)15/h3,6-8H,2,4-5H2,1H3,(H,16,17). The van der Waals surface area contributed by atoms with E-state index in [2.05, 4.69) is 4.98 Å². The second-order valence-corrected chi connectivity index (χ2v) is 4.63. The maximum absolute atomic E-state index is 11.4. The number of carboxylic acid groups (broad SMARTS) is 1. The summed E-state index contributed by atoms with van der Waals surface area (Å²) in [4.78, 5) is 15.7. The van der Waals surface area contributed by atoms with Crippen LogP contribution in [-0.2, 0) is 7.05 Å². The number of fused-ring (bicyclic) bond motifs is 1. The van der Waals surface area contributed by atoms with Crippen LogP contribution in [0, 0.1) is 0 Å². The monoisotopic (exact) mass is 230 g/mol.